The van der Waals surface area contributed by atoms with E-state index in [2.05, 4.69) is 5.32 Å². The summed E-state index contributed by atoms with van der Waals surface area (Å²) in [5.41, 5.74) is 0. The number of hydrogen-bond acceptors (Lipinski definition) is 5. The van der Waals surface area contributed by atoms with E-state index in [-0.39, 0.29) is 18.1 Å². The van der Waals surface area contributed by atoms with Crippen LogP contribution < -0.4 is 5.32 Å². The molecule has 0 atom stereocenters. The molecule has 0 aromatic heterocycles. The third-order valence-electron chi connectivity index (χ3n) is 1.66. The van der Waals surface area contributed by atoms with Crippen molar-refractivity contribution in [2.24, 2.45) is 0 Å². The van der Waals surface area contributed by atoms with Crippen LogP contribution in [0.25, 0.3) is 0 Å². The molecule has 0 saturated heterocycles. The number of carboxylic acids is 1. The predicted octanol–water partition coefficient (Wildman–Crippen LogP) is -0.255. The third-order valence-corrected chi connectivity index (χ3v) is 4.34. The van der Waals surface area contributed by atoms with Gasteiger partial charge >= 0.3 is 5.97 Å². The zero-order chi connectivity index (χ0) is 13.3. The number of thioether (sulfide) groups is 1. The molecule has 0 fully saturated rings. The summed E-state index contributed by atoms with van der Waals surface area (Å²) in [6.45, 7) is 2.01. The normalized spacial score (nSPS) is 11.1. The Kier molecular flexibility index (Phi) is 7.98. The number of rotatable bonds is 9. The molecular weight excluding hydrogens is 266 g/mol. The predicted molar refractivity (Wildman–Crippen MR) is 66.9 cm³/mol. The number of carboxylic acid groups (broad SMARTS) is 1. The van der Waals surface area contributed by atoms with Gasteiger partial charge < -0.3 is 10.4 Å². The average Bonchev–Trinajstić information content (AvgIpc) is 2.15. The highest BCUT2D eigenvalue weighted by atomic mass is 32.2. The molecule has 8 heteroatoms. The van der Waals surface area contributed by atoms with E-state index in [9.17, 15) is 18.0 Å². The summed E-state index contributed by atoms with van der Waals surface area (Å²) in [6.07, 6.45) is 0.490. The quantitative estimate of drug-likeness (QED) is 0.566. The summed E-state index contributed by atoms with van der Waals surface area (Å²) in [6, 6.07) is 0. The zero-order valence-electron chi connectivity index (χ0n) is 9.64. The molecule has 1 amide bonds. The average molecular weight is 283 g/mol. The van der Waals surface area contributed by atoms with E-state index in [0.717, 1.165) is 0 Å². The number of aliphatic carboxylic acids is 1. The molecule has 100 valence electrons. The fraction of sp³-hybridized carbons (Fsp3) is 0.778. The number of amides is 1. The SMILES string of the molecule is CCCS(=O)(=O)CC(=O)NCCSCC(=O)O. The largest absolute Gasteiger partial charge is 0.481 e. The van der Waals surface area contributed by atoms with Gasteiger partial charge in [0.05, 0.1) is 11.5 Å². The van der Waals surface area contributed by atoms with Crippen molar-refractivity contribution in [2.45, 2.75) is 13.3 Å². The minimum absolute atomic E-state index is 0.00812. The molecule has 0 heterocycles. The van der Waals surface area contributed by atoms with Gasteiger partial charge in [-0.05, 0) is 6.42 Å². The lowest BCUT2D eigenvalue weighted by atomic mass is 10.6. The van der Waals surface area contributed by atoms with E-state index in [1.807, 2.05) is 0 Å². The Morgan fingerprint density at radius 3 is 2.53 bits per heavy atom. The van der Waals surface area contributed by atoms with Crippen LogP contribution in [0, 0.1) is 0 Å². The highest BCUT2D eigenvalue weighted by Gasteiger charge is 2.14. The molecule has 0 rings (SSSR count). The first-order chi connectivity index (χ1) is 7.87. The summed E-state index contributed by atoms with van der Waals surface area (Å²) < 4.78 is 22.6. The van der Waals surface area contributed by atoms with Crippen molar-refractivity contribution in [1.29, 1.82) is 0 Å². The second-order valence-corrected chi connectivity index (χ2v) is 6.68. The Balaban J connectivity index is 3.70. The lowest BCUT2D eigenvalue weighted by molar-refractivity contribution is -0.133. The van der Waals surface area contributed by atoms with Crippen LogP contribution in [0.1, 0.15) is 13.3 Å². The minimum atomic E-state index is -3.30. The molecule has 0 aliphatic carbocycles. The Labute approximate surface area is 105 Å². The maximum Gasteiger partial charge on any atom is 0.313 e. The van der Waals surface area contributed by atoms with Crippen molar-refractivity contribution >= 4 is 33.5 Å². The van der Waals surface area contributed by atoms with Crippen LogP contribution in [0.3, 0.4) is 0 Å². The fourth-order valence-corrected chi connectivity index (χ4v) is 2.89. The summed E-state index contributed by atoms with van der Waals surface area (Å²) in [5, 5.41) is 10.8. The molecule has 2 N–H and O–H groups in total. The molecule has 0 bridgehead atoms. The van der Waals surface area contributed by atoms with Crippen LogP contribution in [0.5, 0.6) is 0 Å². The highest BCUT2D eigenvalue weighted by Crippen LogP contribution is 1.97. The maximum atomic E-state index is 11.3. The molecule has 0 unspecified atom stereocenters. The van der Waals surface area contributed by atoms with Crippen LogP contribution in [-0.4, -0.2) is 55.0 Å². The lowest BCUT2D eigenvalue weighted by Crippen LogP contribution is -2.32. The highest BCUT2D eigenvalue weighted by molar-refractivity contribution is 7.99. The van der Waals surface area contributed by atoms with Crippen molar-refractivity contribution in [3.8, 4) is 0 Å². The van der Waals surface area contributed by atoms with Crippen LogP contribution in [0.2, 0.25) is 0 Å². The van der Waals surface area contributed by atoms with Gasteiger partial charge in [-0.3, -0.25) is 9.59 Å². The Bertz CT molecular complexity index is 352. The number of nitrogens with one attached hydrogen (secondary N) is 1. The first-order valence-electron chi connectivity index (χ1n) is 5.14. The van der Waals surface area contributed by atoms with E-state index < -0.39 is 27.5 Å². The number of carbonyl (C=O) groups excluding carboxylic acids is 1. The Morgan fingerprint density at radius 1 is 1.35 bits per heavy atom. The molecule has 6 nitrogen and oxygen atoms in total. The molecule has 0 spiro atoms. The van der Waals surface area contributed by atoms with Gasteiger partial charge in [0.2, 0.25) is 5.91 Å². The van der Waals surface area contributed by atoms with Crippen LogP contribution in [-0.2, 0) is 19.4 Å². The molecule has 17 heavy (non-hydrogen) atoms. The second kappa shape index (κ2) is 8.35. The minimum Gasteiger partial charge on any atom is -0.481 e. The van der Waals surface area contributed by atoms with Crippen molar-refractivity contribution < 1.29 is 23.1 Å². The third kappa shape index (κ3) is 10.1. The molecule has 0 radical (unpaired) electrons. The van der Waals surface area contributed by atoms with E-state index in [0.29, 0.717) is 12.2 Å². The van der Waals surface area contributed by atoms with Gasteiger partial charge in [-0.15, -0.1) is 11.8 Å². The van der Waals surface area contributed by atoms with Gasteiger partial charge in [-0.25, -0.2) is 8.42 Å². The summed E-state index contributed by atoms with van der Waals surface area (Å²) >= 11 is 1.17. The van der Waals surface area contributed by atoms with E-state index in [1.54, 1.807) is 6.92 Å². The van der Waals surface area contributed by atoms with E-state index >= 15 is 0 Å². The van der Waals surface area contributed by atoms with Crippen molar-refractivity contribution in [1.82, 2.24) is 5.32 Å². The first kappa shape index (κ1) is 16.2. The number of hydrogen-bond donors (Lipinski definition) is 2. The second-order valence-electron chi connectivity index (χ2n) is 3.39. The zero-order valence-corrected chi connectivity index (χ0v) is 11.3. The van der Waals surface area contributed by atoms with Gasteiger partial charge in [0.15, 0.2) is 9.84 Å². The topological polar surface area (TPSA) is 101 Å². The Morgan fingerprint density at radius 2 is 2.00 bits per heavy atom. The Hall–Kier alpha value is -0.760. The van der Waals surface area contributed by atoms with Crippen LogP contribution >= 0.6 is 11.8 Å². The summed E-state index contributed by atoms with van der Waals surface area (Å²) in [4.78, 5) is 21.4. The number of carbonyl (C=O) groups is 2. The van der Waals surface area contributed by atoms with E-state index in [4.69, 9.17) is 5.11 Å². The van der Waals surface area contributed by atoms with Gasteiger partial charge in [-0.2, -0.15) is 0 Å². The maximum absolute atomic E-state index is 11.3. The lowest BCUT2D eigenvalue weighted by Gasteiger charge is -2.05. The summed E-state index contributed by atoms with van der Waals surface area (Å²) in [7, 11) is -3.30. The van der Waals surface area contributed by atoms with Crippen molar-refractivity contribution in [3.05, 3.63) is 0 Å². The molecule has 0 aliphatic heterocycles. The number of sulfone groups is 1. The van der Waals surface area contributed by atoms with Gasteiger partial charge in [0.25, 0.3) is 0 Å². The molecule has 0 aliphatic rings. The van der Waals surface area contributed by atoms with E-state index in [1.165, 1.54) is 11.8 Å². The van der Waals surface area contributed by atoms with Gasteiger partial charge in [-0.1, -0.05) is 6.92 Å². The van der Waals surface area contributed by atoms with Gasteiger partial charge in [0, 0.05) is 12.3 Å². The van der Waals surface area contributed by atoms with Gasteiger partial charge in [0.1, 0.15) is 5.75 Å². The van der Waals surface area contributed by atoms with Crippen LogP contribution in [0.4, 0.5) is 0 Å². The fourth-order valence-electron chi connectivity index (χ4n) is 1.06. The molecular formula is C9H17NO5S2. The standard InChI is InChI=1S/C9H17NO5S2/c1-2-5-17(14,15)7-8(11)10-3-4-16-6-9(12)13/h2-7H2,1H3,(H,10,11)(H,12,13). The first-order valence-corrected chi connectivity index (χ1v) is 8.11. The molecule has 0 aromatic carbocycles. The molecule has 0 aromatic rings. The monoisotopic (exact) mass is 283 g/mol. The smallest absolute Gasteiger partial charge is 0.313 e. The molecule has 0 saturated carbocycles. The van der Waals surface area contributed by atoms with Crippen molar-refractivity contribution in [3.63, 3.8) is 0 Å². The van der Waals surface area contributed by atoms with Crippen LogP contribution in [0.15, 0.2) is 0 Å². The van der Waals surface area contributed by atoms with Crippen molar-refractivity contribution in [2.75, 3.05) is 29.6 Å². The summed E-state index contributed by atoms with van der Waals surface area (Å²) in [5.74, 6) is -1.50.